The monoisotopic (exact) mass is 360 g/mol. The molecule has 1 aromatic carbocycles. The van der Waals surface area contributed by atoms with E-state index < -0.39 is 22.3 Å². The zero-order valence-corrected chi connectivity index (χ0v) is 14.0. The molecule has 0 spiro atoms. The molecule has 0 radical (unpaired) electrons. The smallest absolute Gasteiger partial charge is 0.295 e. The highest BCUT2D eigenvalue weighted by molar-refractivity contribution is 6.01. The number of hydrogen-bond acceptors (Lipinski definition) is 5. The van der Waals surface area contributed by atoms with Crippen LogP contribution in [0.4, 0.5) is 15.8 Å². The maximum atomic E-state index is 13.5. The van der Waals surface area contributed by atoms with Gasteiger partial charge < -0.3 is 16.8 Å². The number of carbonyl (C=O) groups excluding carboxylic acids is 1. The Hall–Kier alpha value is -1.93. The van der Waals surface area contributed by atoms with Crippen LogP contribution in [-0.2, 0) is 0 Å². The molecular formula is C15H22ClFN4O3. The van der Waals surface area contributed by atoms with E-state index in [0.717, 1.165) is 31.7 Å². The second kappa shape index (κ2) is 8.79. The molecule has 134 valence electrons. The second-order valence-electron chi connectivity index (χ2n) is 5.86. The standard InChI is InChI=1S/C15H21FN4O3.ClH/c16-10-6-11(14(18)13(7-10)20(22)23)15(21)19-12(8-17)9-4-2-1-3-5-9;/h6-7,9,12H,1-5,8,17-18H2,(H,19,21);1H. The summed E-state index contributed by atoms with van der Waals surface area (Å²) in [5.41, 5.74) is 10.2. The van der Waals surface area contributed by atoms with Crippen molar-refractivity contribution in [2.45, 2.75) is 38.1 Å². The molecule has 1 fully saturated rings. The minimum absolute atomic E-state index is 0. The van der Waals surface area contributed by atoms with Gasteiger partial charge in [0, 0.05) is 12.6 Å². The van der Waals surface area contributed by atoms with Crippen molar-refractivity contribution in [1.82, 2.24) is 5.32 Å². The topological polar surface area (TPSA) is 124 Å². The van der Waals surface area contributed by atoms with Gasteiger partial charge in [-0.15, -0.1) is 12.4 Å². The summed E-state index contributed by atoms with van der Waals surface area (Å²) < 4.78 is 13.5. The molecular weight excluding hydrogens is 339 g/mol. The summed E-state index contributed by atoms with van der Waals surface area (Å²) in [6.07, 6.45) is 5.29. The van der Waals surface area contributed by atoms with E-state index in [0.29, 0.717) is 6.07 Å². The first-order valence-corrected chi connectivity index (χ1v) is 7.68. The Balaban J connectivity index is 0.00000288. The lowest BCUT2D eigenvalue weighted by molar-refractivity contribution is -0.384. The summed E-state index contributed by atoms with van der Waals surface area (Å²) in [5.74, 6) is -1.24. The molecule has 0 aromatic heterocycles. The fourth-order valence-corrected chi connectivity index (χ4v) is 3.09. The molecule has 1 aliphatic rings. The van der Waals surface area contributed by atoms with Crippen LogP contribution in [0.2, 0.25) is 0 Å². The predicted octanol–water partition coefficient (Wildman–Crippen LogP) is 2.38. The summed E-state index contributed by atoms with van der Waals surface area (Å²) in [7, 11) is 0. The van der Waals surface area contributed by atoms with E-state index in [1.54, 1.807) is 0 Å². The number of carbonyl (C=O) groups is 1. The number of nitrogens with one attached hydrogen (secondary N) is 1. The molecule has 1 saturated carbocycles. The number of anilines is 1. The maximum absolute atomic E-state index is 13.5. The molecule has 1 aromatic rings. The molecule has 1 aliphatic carbocycles. The summed E-state index contributed by atoms with van der Waals surface area (Å²) in [4.78, 5) is 22.4. The van der Waals surface area contributed by atoms with Crippen molar-refractivity contribution < 1.29 is 14.1 Å². The molecule has 7 nitrogen and oxygen atoms in total. The number of hydrogen-bond donors (Lipinski definition) is 3. The first-order valence-electron chi connectivity index (χ1n) is 7.68. The SMILES string of the molecule is Cl.NCC(NC(=O)c1cc(F)cc([N+](=O)[O-])c1N)C1CCCCC1. The summed E-state index contributed by atoms with van der Waals surface area (Å²) >= 11 is 0. The van der Waals surface area contributed by atoms with Crippen LogP contribution in [-0.4, -0.2) is 23.4 Å². The quantitative estimate of drug-likeness (QED) is 0.422. The van der Waals surface area contributed by atoms with Gasteiger partial charge in [-0.2, -0.15) is 0 Å². The Kier molecular flexibility index (Phi) is 7.37. The molecule has 0 saturated heterocycles. The highest BCUT2D eigenvalue weighted by atomic mass is 35.5. The van der Waals surface area contributed by atoms with Crippen LogP contribution < -0.4 is 16.8 Å². The Morgan fingerprint density at radius 3 is 2.54 bits per heavy atom. The lowest BCUT2D eigenvalue weighted by atomic mass is 9.84. The first kappa shape index (κ1) is 20.1. The largest absolute Gasteiger partial charge is 0.393 e. The van der Waals surface area contributed by atoms with Gasteiger partial charge in [-0.1, -0.05) is 19.3 Å². The van der Waals surface area contributed by atoms with Gasteiger partial charge in [0.15, 0.2) is 0 Å². The van der Waals surface area contributed by atoms with Gasteiger partial charge in [0.25, 0.3) is 11.6 Å². The molecule has 1 unspecified atom stereocenters. The van der Waals surface area contributed by atoms with E-state index in [4.69, 9.17) is 11.5 Å². The number of nitrogens with two attached hydrogens (primary N) is 2. The highest BCUT2D eigenvalue weighted by Crippen LogP contribution is 2.29. The zero-order valence-electron chi connectivity index (χ0n) is 13.2. The number of halogens is 2. The molecule has 2 rings (SSSR count). The van der Waals surface area contributed by atoms with Gasteiger partial charge in [0.1, 0.15) is 11.5 Å². The average molecular weight is 361 g/mol. The molecule has 1 amide bonds. The van der Waals surface area contributed by atoms with Crippen molar-refractivity contribution in [3.8, 4) is 0 Å². The summed E-state index contributed by atoms with van der Waals surface area (Å²) in [5, 5.41) is 13.6. The molecule has 9 heteroatoms. The van der Waals surface area contributed by atoms with Crippen molar-refractivity contribution in [2.24, 2.45) is 11.7 Å². The summed E-state index contributed by atoms with van der Waals surface area (Å²) in [6.45, 7) is 0.258. The Bertz CT molecular complexity index is 609. The van der Waals surface area contributed by atoms with Crippen molar-refractivity contribution in [3.05, 3.63) is 33.6 Å². The average Bonchev–Trinajstić information content (AvgIpc) is 2.54. The number of amides is 1. The van der Waals surface area contributed by atoms with E-state index in [2.05, 4.69) is 5.32 Å². The Labute approximate surface area is 145 Å². The van der Waals surface area contributed by atoms with Crippen LogP contribution in [0, 0.1) is 21.8 Å². The molecule has 1 atom stereocenters. The predicted molar refractivity (Wildman–Crippen MR) is 91.6 cm³/mol. The molecule has 24 heavy (non-hydrogen) atoms. The van der Waals surface area contributed by atoms with Crippen LogP contribution in [0.3, 0.4) is 0 Å². The van der Waals surface area contributed by atoms with Gasteiger partial charge >= 0.3 is 0 Å². The molecule has 0 aliphatic heterocycles. The van der Waals surface area contributed by atoms with Gasteiger partial charge in [-0.3, -0.25) is 14.9 Å². The number of rotatable bonds is 5. The maximum Gasteiger partial charge on any atom is 0.295 e. The van der Waals surface area contributed by atoms with Crippen LogP contribution >= 0.6 is 12.4 Å². The van der Waals surface area contributed by atoms with Crippen molar-refractivity contribution in [3.63, 3.8) is 0 Å². The third-order valence-electron chi connectivity index (χ3n) is 4.35. The third-order valence-corrected chi connectivity index (χ3v) is 4.35. The third kappa shape index (κ3) is 4.55. The number of nitro groups is 1. The fourth-order valence-electron chi connectivity index (χ4n) is 3.09. The van der Waals surface area contributed by atoms with Gasteiger partial charge in [-0.05, 0) is 24.8 Å². The van der Waals surface area contributed by atoms with E-state index in [-0.39, 0.29) is 42.2 Å². The van der Waals surface area contributed by atoms with E-state index >= 15 is 0 Å². The number of nitro benzene ring substituents is 1. The molecule has 5 N–H and O–H groups in total. The number of benzene rings is 1. The van der Waals surface area contributed by atoms with Crippen LogP contribution in [0.5, 0.6) is 0 Å². The second-order valence-corrected chi connectivity index (χ2v) is 5.86. The normalized spacial score (nSPS) is 16.1. The summed E-state index contributed by atoms with van der Waals surface area (Å²) in [6, 6.07) is 1.37. The Morgan fingerprint density at radius 2 is 2.00 bits per heavy atom. The molecule has 0 bridgehead atoms. The first-order chi connectivity index (χ1) is 10.9. The number of nitrogens with zero attached hydrogens (tertiary/aromatic N) is 1. The van der Waals surface area contributed by atoms with E-state index in [1.807, 2.05) is 0 Å². The fraction of sp³-hybridized carbons (Fsp3) is 0.533. The molecule has 0 heterocycles. The van der Waals surface area contributed by atoms with Crippen molar-refractivity contribution in [1.29, 1.82) is 0 Å². The van der Waals surface area contributed by atoms with Gasteiger partial charge in [0.05, 0.1) is 16.6 Å². The lowest BCUT2D eigenvalue weighted by Gasteiger charge is -2.30. The zero-order chi connectivity index (χ0) is 17.0. The van der Waals surface area contributed by atoms with Crippen molar-refractivity contribution >= 4 is 29.7 Å². The minimum Gasteiger partial charge on any atom is -0.393 e. The van der Waals surface area contributed by atoms with E-state index in [1.165, 1.54) is 6.42 Å². The minimum atomic E-state index is -0.877. The van der Waals surface area contributed by atoms with Crippen LogP contribution in [0.25, 0.3) is 0 Å². The van der Waals surface area contributed by atoms with Gasteiger partial charge in [0.2, 0.25) is 0 Å². The van der Waals surface area contributed by atoms with Crippen LogP contribution in [0.15, 0.2) is 12.1 Å². The van der Waals surface area contributed by atoms with E-state index in [9.17, 15) is 19.3 Å². The number of nitrogen functional groups attached to an aromatic ring is 1. The van der Waals surface area contributed by atoms with Gasteiger partial charge in [-0.25, -0.2) is 4.39 Å². The highest BCUT2D eigenvalue weighted by Gasteiger charge is 2.27. The lowest BCUT2D eigenvalue weighted by Crippen LogP contribution is -2.46. The van der Waals surface area contributed by atoms with Crippen molar-refractivity contribution in [2.75, 3.05) is 12.3 Å². The van der Waals surface area contributed by atoms with Crippen LogP contribution in [0.1, 0.15) is 42.5 Å². The Morgan fingerprint density at radius 1 is 1.38 bits per heavy atom.